The Kier molecular flexibility index (Phi) is 5.59. The van der Waals surface area contributed by atoms with Gasteiger partial charge in [-0.15, -0.1) is 0 Å². The third-order valence-electron chi connectivity index (χ3n) is 4.33. The van der Waals surface area contributed by atoms with Crippen molar-refractivity contribution in [2.45, 2.75) is 27.7 Å². The molecule has 0 radical (unpaired) electrons. The number of anilines is 3. The minimum absolute atomic E-state index is 0.292. The largest absolute Gasteiger partial charge is 0.497 e. The fourth-order valence-corrected chi connectivity index (χ4v) is 3.15. The number of aryl methyl sites for hydroxylation is 4. The van der Waals surface area contributed by atoms with Crippen LogP contribution in [0.4, 0.5) is 17.2 Å². The van der Waals surface area contributed by atoms with Crippen molar-refractivity contribution in [3.63, 3.8) is 0 Å². The predicted octanol–water partition coefficient (Wildman–Crippen LogP) is 4.71. The summed E-state index contributed by atoms with van der Waals surface area (Å²) in [6.45, 7) is 7.93. The minimum atomic E-state index is -0.306. The van der Waals surface area contributed by atoms with E-state index in [4.69, 9.17) is 4.74 Å². The van der Waals surface area contributed by atoms with E-state index in [0.717, 1.165) is 16.8 Å². The molecular weight excluding hydrogens is 352 g/mol. The Morgan fingerprint density at radius 1 is 0.964 bits per heavy atom. The predicted molar refractivity (Wildman–Crippen MR) is 112 cm³/mol. The van der Waals surface area contributed by atoms with Crippen molar-refractivity contribution >= 4 is 23.1 Å². The lowest BCUT2D eigenvalue weighted by atomic mass is 10.1. The van der Waals surface area contributed by atoms with Crippen LogP contribution in [0.3, 0.4) is 0 Å². The molecule has 1 heterocycles. The summed E-state index contributed by atoms with van der Waals surface area (Å²) in [7, 11) is 1.59. The summed E-state index contributed by atoms with van der Waals surface area (Å²) in [5, 5.41) is 6.18. The van der Waals surface area contributed by atoms with Crippen LogP contribution >= 0.6 is 0 Å². The SMILES string of the molecule is COc1cccc(NC(=O)c2cc(Nc3c(C)cc(C)cc3C)nc(C)n2)c1. The summed E-state index contributed by atoms with van der Waals surface area (Å²) >= 11 is 0. The Morgan fingerprint density at radius 3 is 2.36 bits per heavy atom. The summed E-state index contributed by atoms with van der Waals surface area (Å²) in [6, 6.07) is 13.1. The fourth-order valence-electron chi connectivity index (χ4n) is 3.15. The molecule has 0 aliphatic rings. The van der Waals surface area contributed by atoms with Gasteiger partial charge in [-0.1, -0.05) is 23.8 Å². The van der Waals surface area contributed by atoms with Crippen LogP contribution in [0.25, 0.3) is 0 Å². The second-order valence-corrected chi connectivity index (χ2v) is 6.77. The van der Waals surface area contributed by atoms with Crippen LogP contribution in [0, 0.1) is 27.7 Å². The maximum absolute atomic E-state index is 12.7. The van der Waals surface area contributed by atoms with Gasteiger partial charge in [0.15, 0.2) is 0 Å². The molecule has 0 atom stereocenters. The highest BCUT2D eigenvalue weighted by molar-refractivity contribution is 6.03. The molecule has 0 aliphatic heterocycles. The van der Waals surface area contributed by atoms with E-state index in [-0.39, 0.29) is 5.91 Å². The molecule has 6 heteroatoms. The summed E-state index contributed by atoms with van der Waals surface area (Å²) < 4.78 is 5.19. The molecule has 1 amide bonds. The maximum atomic E-state index is 12.7. The zero-order valence-corrected chi connectivity index (χ0v) is 16.8. The first-order valence-corrected chi connectivity index (χ1v) is 9.01. The number of nitrogens with one attached hydrogen (secondary N) is 2. The summed E-state index contributed by atoms with van der Waals surface area (Å²) in [5.41, 5.74) is 5.37. The molecule has 6 nitrogen and oxygen atoms in total. The molecule has 2 aromatic carbocycles. The van der Waals surface area contributed by atoms with Crippen LogP contribution in [-0.4, -0.2) is 23.0 Å². The number of aromatic nitrogens is 2. The number of nitrogens with zero attached hydrogens (tertiary/aromatic N) is 2. The molecule has 0 unspecified atom stereocenters. The van der Waals surface area contributed by atoms with Crippen molar-refractivity contribution in [3.05, 3.63) is 70.7 Å². The van der Waals surface area contributed by atoms with Gasteiger partial charge in [-0.05, 0) is 51.0 Å². The van der Waals surface area contributed by atoms with Crippen LogP contribution in [0.2, 0.25) is 0 Å². The van der Waals surface area contributed by atoms with Gasteiger partial charge in [0.05, 0.1) is 7.11 Å². The van der Waals surface area contributed by atoms with Crippen molar-refractivity contribution < 1.29 is 9.53 Å². The van der Waals surface area contributed by atoms with E-state index >= 15 is 0 Å². The average Bonchev–Trinajstić information content (AvgIpc) is 2.64. The normalized spacial score (nSPS) is 10.5. The molecule has 1 aromatic heterocycles. The second-order valence-electron chi connectivity index (χ2n) is 6.77. The topological polar surface area (TPSA) is 76.1 Å². The molecule has 0 saturated carbocycles. The Labute approximate surface area is 165 Å². The smallest absolute Gasteiger partial charge is 0.274 e. The molecule has 0 fully saturated rings. The molecule has 144 valence electrons. The van der Waals surface area contributed by atoms with Crippen LogP contribution in [0.1, 0.15) is 33.0 Å². The molecule has 2 N–H and O–H groups in total. The van der Waals surface area contributed by atoms with E-state index in [1.54, 1.807) is 32.2 Å². The van der Waals surface area contributed by atoms with Crippen LogP contribution in [0.5, 0.6) is 5.75 Å². The standard InChI is InChI=1S/C22H24N4O2/c1-13-9-14(2)21(15(3)10-13)26-20-12-19(23-16(4)24-20)22(27)25-17-7-6-8-18(11-17)28-5/h6-12H,1-5H3,(H,25,27)(H,23,24,26). The van der Waals surface area contributed by atoms with Gasteiger partial charge in [-0.25, -0.2) is 9.97 Å². The highest BCUT2D eigenvalue weighted by atomic mass is 16.5. The number of carbonyl (C=O) groups is 1. The van der Waals surface area contributed by atoms with Crippen LogP contribution in [0.15, 0.2) is 42.5 Å². The number of rotatable bonds is 5. The Hall–Kier alpha value is -3.41. The quantitative estimate of drug-likeness (QED) is 0.674. The van der Waals surface area contributed by atoms with E-state index in [0.29, 0.717) is 28.8 Å². The average molecular weight is 376 g/mol. The number of carbonyl (C=O) groups excluding carboxylic acids is 1. The first-order chi connectivity index (χ1) is 13.4. The van der Waals surface area contributed by atoms with Crippen LogP contribution in [-0.2, 0) is 0 Å². The van der Waals surface area contributed by atoms with Gasteiger partial charge in [-0.2, -0.15) is 0 Å². The third-order valence-corrected chi connectivity index (χ3v) is 4.33. The van der Waals surface area contributed by atoms with Gasteiger partial charge in [0.1, 0.15) is 23.1 Å². The first-order valence-electron chi connectivity index (χ1n) is 9.01. The highest BCUT2D eigenvalue weighted by Crippen LogP contribution is 2.25. The molecule has 0 bridgehead atoms. The van der Waals surface area contributed by atoms with Gasteiger partial charge in [0.2, 0.25) is 0 Å². The van der Waals surface area contributed by atoms with E-state index in [1.807, 2.05) is 26.0 Å². The Balaban J connectivity index is 1.86. The molecule has 3 rings (SSSR count). The molecule has 3 aromatic rings. The van der Waals surface area contributed by atoms with Crippen molar-refractivity contribution in [2.24, 2.45) is 0 Å². The number of ether oxygens (including phenoxy) is 1. The van der Waals surface area contributed by atoms with Gasteiger partial charge in [0, 0.05) is 23.5 Å². The number of amides is 1. The third kappa shape index (κ3) is 4.46. The molecule has 0 spiro atoms. The van der Waals surface area contributed by atoms with Gasteiger partial charge < -0.3 is 15.4 Å². The van der Waals surface area contributed by atoms with Gasteiger partial charge in [0.25, 0.3) is 5.91 Å². The highest BCUT2D eigenvalue weighted by Gasteiger charge is 2.13. The Morgan fingerprint density at radius 2 is 1.68 bits per heavy atom. The molecule has 0 saturated heterocycles. The Bertz CT molecular complexity index is 1010. The second kappa shape index (κ2) is 8.08. The number of hydrogen-bond donors (Lipinski definition) is 2. The monoisotopic (exact) mass is 376 g/mol. The van der Waals surface area contributed by atoms with E-state index in [9.17, 15) is 4.79 Å². The molecule has 0 aliphatic carbocycles. The van der Waals surface area contributed by atoms with Crippen molar-refractivity contribution in [1.29, 1.82) is 0 Å². The van der Waals surface area contributed by atoms with Gasteiger partial charge >= 0.3 is 0 Å². The number of hydrogen-bond acceptors (Lipinski definition) is 5. The number of benzene rings is 2. The fraction of sp³-hybridized carbons (Fsp3) is 0.227. The number of methoxy groups -OCH3 is 1. The lowest BCUT2D eigenvalue weighted by Crippen LogP contribution is -2.15. The van der Waals surface area contributed by atoms with Crippen molar-refractivity contribution in [2.75, 3.05) is 17.7 Å². The zero-order chi connectivity index (χ0) is 20.3. The lowest BCUT2D eigenvalue weighted by molar-refractivity contribution is 0.102. The molecule has 28 heavy (non-hydrogen) atoms. The molecular formula is C22H24N4O2. The first kappa shape index (κ1) is 19.4. The van der Waals surface area contributed by atoms with Crippen LogP contribution < -0.4 is 15.4 Å². The lowest BCUT2D eigenvalue weighted by Gasteiger charge is -2.14. The maximum Gasteiger partial charge on any atom is 0.274 e. The van der Waals surface area contributed by atoms with E-state index < -0.39 is 0 Å². The zero-order valence-electron chi connectivity index (χ0n) is 16.8. The van der Waals surface area contributed by atoms with E-state index in [2.05, 4.69) is 39.7 Å². The van der Waals surface area contributed by atoms with Gasteiger partial charge in [-0.3, -0.25) is 4.79 Å². The summed E-state index contributed by atoms with van der Waals surface area (Å²) in [4.78, 5) is 21.4. The van der Waals surface area contributed by atoms with E-state index in [1.165, 1.54) is 5.56 Å². The summed E-state index contributed by atoms with van der Waals surface area (Å²) in [5.74, 6) is 1.46. The van der Waals surface area contributed by atoms with Crippen molar-refractivity contribution in [1.82, 2.24) is 9.97 Å². The summed E-state index contributed by atoms with van der Waals surface area (Å²) in [6.07, 6.45) is 0. The van der Waals surface area contributed by atoms with Crippen molar-refractivity contribution in [3.8, 4) is 5.75 Å². The minimum Gasteiger partial charge on any atom is -0.497 e.